The van der Waals surface area contributed by atoms with Crippen LogP contribution in [0.25, 0.3) is 6.08 Å². The Labute approximate surface area is 101 Å². The molecule has 0 aliphatic carbocycles. The maximum Gasteiger partial charge on any atom is 0.343 e. The van der Waals surface area contributed by atoms with Crippen LogP contribution in [-0.4, -0.2) is 5.97 Å². The molecule has 0 saturated carbocycles. The first-order valence-corrected chi connectivity index (χ1v) is 5.75. The van der Waals surface area contributed by atoms with Crippen LogP contribution in [0.3, 0.4) is 0 Å². The standard InChI is InChI=1S/C14H16O3/c1-9(2)6-13-8-11(14(15)17-13)7-12-5-4-10(3)16-12/h4-5,7-9H,6H2,1-3H3/b11-7-. The van der Waals surface area contributed by atoms with Crippen LogP contribution in [0.15, 0.2) is 34.0 Å². The van der Waals surface area contributed by atoms with E-state index in [1.807, 2.05) is 19.1 Å². The summed E-state index contributed by atoms with van der Waals surface area (Å²) in [4.78, 5) is 11.6. The average molecular weight is 232 g/mol. The number of ether oxygens (including phenoxy) is 1. The van der Waals surface area contributed by atoms with Crippen molar-refractivity contribution < 1.29 is 13.9 Å². The van der Waals surface area contributed by atoms with Gasteiger partial charge in [-0.05, 0) is 37.1 Å². The predicted molar refractivity (Wildman–Crippen MR) is 65.1 cm³/mol. The first-order chi connectivity index (χ1) is 8.04. The van der Waals surface area contributed by atoms with E-state index in [0.29, 0.717) is 17.3 Å². The van der Waals surface area contributed by atoms with Gasteiger partial charge in [0.25, 0.3) is 0 Å². The molecule has 1 aromatic rings. The van der Waals surface area contributed by atoms with E-state index in [0.717, 1.165) is 17.9 Å². The van der Waals surface area contributed by atoms with Gasteiger partial charge in [-0.1, -0.05) is 13.8 Å². The van der Waals surface area contributed by atoms with Crippen molar-refractivity contribution in [1.29, 1.82) is 0 Å². The molecule has 2 heterocycles. The highest BCUT2D eigenvalue weighted by Gasteiger charge is 2.21. The molecule has 0 atom stereocenters. The number of carbonyl (C=O) groups is 1. The summed E-state index contributed by atoms with van der Waals surface area (Å²) in [7, 11) is 0. The molecule has 2 rings (SSSR count). The molecule has 90 valence electrons. The second kappa shape index (κ2) is 4.62. The van der Waals surface area contributed by atoms with Crippen molar-refractivity contribution in [2.75, 3.05) is 0 Å². The van der Waals surface area contributed by atoms with Crippen LogP contribution in [-0.2, 0) is 9.53 Å². The Kier molecular flexibility index (Phi) is 3.18. The highest BCUT2D eigenvalue weighted by Crippen LogP contribution is 2.24. The summed E-state index contributed by atoms with van der Waals surface area (Å²) in [5.41, 5.74) is 0.551. The van der Waals surface area contributed by atoms with E-state index in [1.54, 1.807) is 12.2 Å². The largest absolute Gasteiger partial charge is 0.462 e. The van der Waals surface area contributed by atoms with Gasteiger partial charge in [-0.2, -0.15) is 0 Å². The van der Waals surface area contributed by atoms with Gasteiger partial charge in [-0.15, -0.1) is 0 Å². The molecule has 1 aliphatic heterocycles. The van der Waals surface area contributed by atoms with Crippen LogP contribution < -0.4 is 0 Å². The molecular formula is C14H16O3. The molecule has 1 aliphatic rings. The third-order valence-corrected chi connectivity index (χ3v) is 2.44. The number of furan rings is 1. The number of allylic oxidation sites excluding steroid dienone is 1. The zero-order chi connectivity index (χ0) is 12.4. The van der Waals surface area contributed by atoms with Crippen molar-refractivity contribution in [2.24, 2.45) is 5.92 Å². The summed E-state index contributed by atoms with van der Waals surface area (Å²) in [6.45, 7) is 6.05. The fraction of sp³-hybridized carbons (Fsp3) is 0.357. The van der Waals surface area contributed by atoms with Gasteiger partial charge in [-0.3, -0.25) is 0 Å². The Morgan fingerprint density at radius 1 is 1.35 bits per heavy atom. The number of carbonyl (C=O) groups excluding carboxylic acids is 1. The lowest BCUT2D eigenvalue weighted by molar-refractivity contribution is -0.133. The van der Waals surface area contributed by atoms with Crippen LogP contribution in [0.2, 0.25) is 0 Å². The number of cyclic esters (lactones) is 1. The van der Waals surface area contributed by atoms with Crippen LogP contribution in [0.5, 0.6) is 0 Å². The molecule has 0 radical (unpaired) electrons. The monoisotopic (exact) mass is 232 g/mol. The molecule has 17 heavy (non-hydrogen) atoms. The Hall–Kier alpha value is -1.77. The topological polar surface area (TPSA) is 39.4 Å². The second-order valence-corrected chi connectivity index (χ2v) is 4.65. The van der Waals surface area contributed by atoms with Crippen molar-refractivity contribution in [3.63, 3.8) is 0 Å². The smallest absolute Gasteiger partial charge is 0.343 e. The molecule has 0 saturated heterocycles. The van der Waals surface area contributed by atoms with Crippen LogP contribution in [0.1, 0.15) is 31.8 Å². The zero-order valence-electron chi connectivity index (χ0n) is 10.3. The van der Waals surface area contributed by atoms with Gasteiger partial charge in [0, 0.05) is 6.42 Å². The third-order valence-electron chi connectivity index (χ3n) is 2.44. The van der Waals surface area contributed by atoms with Crippen molar-refractivity contribution in [1.82, 2.24) is 0 Å². The SMILES string of the molecule is Cc1ccc(/C=C2/C=C(CC(C)C)OC2=O)o1. The number of aryl methyl sites for hydroxylation is 1. The lowest BCUT2D eigenvalue weighted by atomic mass is 10.1. The molecule has 0 fully saturated rings. The molecule has 0 spiro atoms. The molecule has 1 aromatic heterocycles. The van der Waals surface area contributed by atoms with Crippen LogP contribution in [0.4, 0.5) is 0 Å². The lowest BCUT2D eigenvalue weighted by Gasteiger charge is -2.03. The van der Waals surface area contributed by atoms with Gasteiger partial charge >= 0.3 is 5.97 Å². The fourth-order valence-electron chi connectivity index (χ4n) is 1.73. The summed E-state index contributed by atoms with van der Waals surface area (Å²) < 4.78 is 10.6. The van der Waals surface area contributed by atoms with Crippen molar-refractivity contribution in [2.45, 2.75) is 27.2 Å². The summed E-state index contributed by atoms with van der Waals surface area (Å²) in [5, 5.41) is 0. The van der Waals surface area contributed by atoms with E-state index >= 15 is 0 Å². The predicted octanol–water partition coefficient (Wildman–Crippen LogP) is 3.46. The minimum absolute atomic E-state index is 0.297. The third kappa shape index (κ3) is 2.87. The summed E-state index contributed by atoms with van der Waals surface area (Å²) in [5.74, 6) is 2.42. The van der Waals surface area contributed by atoms with Gasteiger partial charge in [0.2, 0.25) is 0 Å². The maximum atomic E-state index is 11.6. The number of esters is 1. The van der Waals surface area contributed by atoms with E-state index < -0.39 is 0 Å². The minimum atomic E-state index is -0.297. The molecule has 3 heteroatoms. The first kappa shape index (κ1) is 11.7. The molecule has 0 amide bonds. The van der Waals surface area contributed by atoms with Crippen molar-refractivity contribution in [3.05, 3.63) is 41.1 Å². The first-order valence-electron chi connectivity index (χ1n) is 5.75. The lowest BCUT2D eigenvalue weighted by Crippen LogP contribution is -1.98. The van der Waals surface area contributed by atoms with Gasteiger partial charge < -0.3 is 9.15 Å². The second-order valence-electron chi connectivity index (χ2n) is 4.65. The summed E-state index contributed by atoms with van der Waals surface area (Å²) in [6.07, 6.45) is 4.28. The van der Waals surface area contributed by atoms with E-state index in [4.69, 9.17) is 9.15 Å². The Bertz CT molecular complexity index is 489. The average Bonchev–Trinajstić information content (AvgIpc) is 2.74. The minimum Gasteiger partial charge on any atom is -0.462 e. The molecule has 0 aromatic carbocycles. The molecule has 0 N–H and O–H groups in total. The van der Waals surface area contributed by atoms with Crippen LogP contribution in [0, 0.1) is 12.8 Å². The fourth-order valence-corrected chi connectivity index (χ4v) is 1.73. The normalized spacial score (nSPS) is 17.8. The van der Waals surface area contributed by atoms with Gasteiger partial charge in [0.1, 0.15) is 17.3 Å². The van der Waals surface area contributed by atoms with E-state index in [9.17, 15) is 4.79 Å². The molecule has 0 bridgehead atoms. The highest BCUT2D eigenvalue weighted by molar-refractivity contribution is 5.99. The van der Waals surface area contributed by atoms with Crippen LogP contribution >= 0.6 is 0 Å². The molecule has 3 nitrogen and oxygen atoms in total. The zero-order valence-corrected chi connectivity index (χ0v) is 10.3. The van der Waals surface area contributed by atoms with E-state index in [-0.39, 0.29) is 5.97 Å². The van der Waals surface area contributed by atoms with E-state index in [2.05, 4.69) is 13.8 Å². The van der Waals surface area contributed by atoms with Crippen molar-refractivity contribution >= 4 is 12.0 Å². The van der Waals surface area contributed by atoms with Crippen molar-refractivity contribution in [3.8, 4) is 0 Å². The quantitative estimate of drug-likeness (QED) is 0.591. The number of hydrogen-bond acceptors (Lipinski definition) is 3. The number of hydrogen-bond donors (Lipinski definition) is 0. The van der Waals surface area contributed by atoms with E-state index in [1.165, 1.54) is 0 Å². The number of rotatable bonds is 3. The Balaban J connectivity index is 2.18. The van der Waals surface area contributed by atoms with Gasteiger partial charge in [0.05, 0.1) is 5.57 Å². The Morgan fingerprint density at radius 3 is 2.71 bits per heavy atom. The van der Waals surface area contributed by atoms with Gasteiger partial charge in [-0.25, -0.2) is 4.79 Å². The maximum absolute atomic E-state index is 11.6. The molecular weight excluding hydrogens is 216 g/mol. The van der Waals surface area contributed by atoms with Gasteiger partial charge in [0.15, 0.2) is 0 Å². The molecule has 0 unspecified atom stereocenters. The summed E-state index contributed by atoms with van der Waals surface area (Å²) >= 11 is 0. The summed E-state index contributed by atoms with van der Waals surface area (Å²) in [6, 6.07) is 3.70. The Morgan fingerprint density at radius 2 is 2.12 bits per heavy atom. The highest BCUT2D eigenvalue weighted by atomic mass is 16.5.